The van der Waals surface area contributed by atoms with Gasteiger partial charge >= 0.3 is 0 Å². The van der Waals surface area contributed by atoms with Crippen LogP contribution >= 0.6 is 0 Å². The summed E-state index contributed by atoms with van der Waals surface area (Å²) in [6, 6.07) is 0.637. The van der Waals surface area contributed by atoms with Crippen molar-refractivity contribution in [2.75, 3.05) is 13.7 Å². The van der Waals surface area contributed by atoms with Crippen molar-refractivity contribution in [2.24, 2.45) is 5.41 Å². The second-order valence-corrected chi connectivity index (χ2v) is 8.02. The molecule has 2 atom stereocenters. The van der Waals surface area contributed by atoms with Crippen LogP contribution in [-0.4, -0.2) is 45.7 Å². The Kier molecular flexibility index (Phi) is 4.06. The summed E-state index contributed by atoms with van der Waals surface area (Å²) in [6.45, 7) is 10.3. The molecule has 0 saturated heterocycles. The molecule has 2 unspecified atom stereocenters. The van der Waals surface area contributed by atoms with Crippen molar-refractivity contribution in [1.29, 1.82) is 0 Å². The highest BCUT2D eigenvalue weighted by atomic mass is 16.5. The maximum absolute atomic E-state index is 5.96. The molecular formula is C17H30N4O. The van der Waals surface area contributed by atoms with Crippen molar-refractivity contribution in [3.05, 3.63) is 11.9 Å². The summed E-state index contributed by atoms with van der Waals surface area (Å²) >= 11 is 0. The summed E-state index contributed by atoms with van der Waals surface area (Å²) in [6.07, 6.45) is 7.72. The first kappa shape index (κ1) is 15.9. The topological polar surface area (TPSA) is 43.2 Å². The Morgan fingerprint density at radius 2 is 2.14 bits per heavy atom. The first-order chi connectivity index (χ1) is 10.4. The van der Waals surface area contributed by atoms with Crippen LogP contribution in [0, 0.1) is 5.41 Å². The zero-order chi connectivity index (χ0) is 16.0. The number of hydrogen-bond acceptors (Lipinski definition) is 4. The summed E-state index contributed by atoms with van der Waals surface area (Å²) in [5, 5.41) is 8.62. The van der Waals surface area contributed by atoms with Crippen LogP contribution in [0.25, 0.3) is 0 Å². The molecular weight excluding hydrogens is 276 g/mol. The largest absolute Gasteiger partial charge is 0.378 e. The van der Waals surface area contributed by atoms with Crippen molar-refractivity contribution in [1.82, 2.24) is 19.9 Å². The van der Waals surface area contributed by atoms with Crippen LogP contribution in [0.15, 0.2) is 6.20 Å². The van der Waals surface area contributed by atoms with E-state index in [0.29, 0.717) is 17.6 Å². The van der Waals surface area contributed by atoms with Crippen molar-refractivity contribution >= 4 is 0 Å². The molecule has 0 bridgehead atoms. The monoisotopic (exact) mass is 306 g/mol. The molecule has 2 saturated carbocycles. The first-order valence-corrected chi connectivity index (χ1v) is 8.60. The van der Waals surface area contributed by atoms with E-state index in [1.165, 1.54) is 19.3 Å². The summed E-state index contributed by atoms with van der Waals surface area (Å²) in [5.74, 6) is 0. The lowest BCUT2D eigenvalue weighted by Gasteiger charge is -2.63. The molecule has 0 aromatic carbocycles. The van der Waals surface area contributed by atoms with Crippen LogP contribution in [0.2, 0.25) is 0 Å². The fourth-order valence-electron chi connectivity index (χ4n) is 4.08. The van der Waals surface area contributed by atoms with E-state index >= 15 is 0 Å². The lowest BCUT2D eigenvalue weighted by molar-refractivity contribution is -0.201. The van der Waals surface area contributed by atoms with E-state index in [2.05, 4.69) is 56.2 Å². The second kappa shape index (κ2) is 5.60. The van der Waals surface area contributed by atoms with Crippen LogP contribution in [0.3, 0.4) is 0 Å². The molecule has 1 aromatic heterocycles. The van der Waals surface area contributed by atoms with Crippen LogP contribution < -0.4 is 0 Å². The van der Waals surface area contributed by atoms with E-state index in [1.807, 2.05) is 4.68 Å². The summed E-state index contributed by atoms with van der Waals surface area (Å²) < 4.78 is 7.91. The molecule has 1 aromatic rings. The quantitative estimate of drug-likeness (QED) is 0.839. The Hall–Kier alpha value is -0.940. The predicted molar refractivity (Wildman–Crippen MR) is 86.6 cm³/mol. The Morgan fingerprint density at radius 1 is 1.41 bits per heavy atom. The van der Waals surface area contributed by atoms with Gasteiger partial charge < -0.3 is 4.74 Å². The number of nitrogens with zero attached hydrogens (tertiary/aromatic N) is 4. The van der Waals surface area contributed by atoms with E-state index in [0.717, 1.165) is 25.3 Å². The van der Waals surface area contributed by atoms with Crippen molar-refractivity contribution in [3.63, 3.8) is 0 Å². The molecule has 3 rings (SSSR count). The molecule has 2 aliphatic carbocycles. The van der Waals surface area contributed by atoms with Crippen molar-refractivity contribution < 1.29 is 4.74 Å². The minimum atomic E-state index is -0.00442. The van der Waals surface area contributed by atoms with Gasteiger partial charge in [0.1, 0.15) is 0 Å². The highest BCUT2D eigenvalue weighted by Crippen LogP contribution is 2.59. The van der Waals surface area contributed by atoms with Gasteiger partial charge in [-0.3, -0.25) is 4.90 Å². The molecule has 1 spiro atoms. The molecule has 2 aliphatic rings. The van der Waals surface area contributed by atoms with Gasteiger partial charge in [0.15, 0.2) is 0 Å². The molecule has 0 radical (unpaired) electrons. The van der Waals surface area contributed by atoms with Gasteiger partial charge in [-0.15, -0.1) is 5.10 Å². The minimum absolute atomic E-state index is 0.00442. The van der Waals surface area contributed by atoms with Gasteiger partial charge in [0.25, 0.3) is 0 Å². The Bertz CT molecular complexity index is 515. The zero-order valence-corrected chi connectivity index (χ0v) is 14.7. The third-order valence-electron chi connectivity index (χ3n) is 5.57. The van der Waals surface area contributed by atoms with E-state index in [9.17, 15) is 0 Å². The van der Waals surface area contributed by atoms with E-state index in [-0.39, 0.29) is 5.54 Å². The van der Waals surface area contributed by atoms with Gasteiger partial charge in [-0.2, -0.15) is 0 Å². The zero-order valence-electron chi connectivity index (χ0n) is 14.7. The molecule has 2 fully saturated rings. The van der Waals surface area contributed by atoms with Crippen LogP contribution in [0.4, 0.5) is 0 Å². The van der Waals surface area contributed by atoms with Gasteiger partial charge in [-0.25, -0.2) is 4.68 Å². The predicted octanol–water partition coefficient (Wildman–Crippen LogP) is 2.81. The molecule has 124 valence electrons. The maximum atomic E-state index is 5.96. The molecule has 5 nitrogen and oxygen atoms in total. The second-order valence-electron chi connectivity index (χ2n) is 8.02. The highest BCUT2D eigenvalue weighted by Gasteiger charge is 2.60. The number of hydrogen-bond donors (Lipinski definition) is 0. The number of aromatic nitrogens is 3. The maximum Gasteiger partial charge on any atom is 0.0967 e. The summed E-state index contributed by atoms with van der Waals surface area (Å²) in [4.78, 5) is 2.46. The van der Waals surface area contributed by atoms with Crippen molar-refractivity contribution in [3.8, 4) is 0 Å². The van der Waals surface area contributed by atoms with E-state index < -0.39 is 0 Å². The van der Waals surface area contributed by atoms with Gasteiger partial charge in [-0.05, 0) is 54.0 Å². The number of ether oxygens (including phenoxy) is 1. The normalized spacial score (nSPS) is 27.0. The average Bonchev–Trinajstić information content (AvgIpc) is 2.80. The SMILES string of the molecule is CCOC1CC(N(C)Cc2cn(C(C)(C)C)nn2)C12CCC2. The fraction of sp³-hybridized carbons (Fsp3) is 0.882. The molecule has 0 aliphatic heterocycles. The van der Waals surface area contributed by atoms with Crippen molar-refractivity contribution in [2.45, 2.75) is 77.6 Å². The highest BCUT2D eigenvalue weighted by molar-refractivity contribution is 5.13. The molecule has 22 heavy (non-hydrogen) atoms. The lowest BCUT2D eigenvalue weighted by atomic mass is 9.50. The average molecular weight is 306 g/mol. The summed E-state index contributed by atoms with van der Waals surface area (Å²) in [7, 11) is 2.23. The van der Waals surface area contributed by atoms with E-state index in [1.54, 1.807) is 0 Å². The Balaban J connectivity index is 1.63. The number of rotatable bonds is 5. The lowest BCUT2D eigenvalue weighted by Crippen LogP contribution is -2.66. The van der Waals surface area contributed by atoms with Crippen LogP contribution in [0.5, 0.6) is 0 Å². The molecule has 0 N–H and O–H groups in total. The third kappa shape index (κ3) is 2.58. The molecule has 0 amide bonds. The fourth-order valence-corrected chi connectivity index (χ4v) is 4.08. The summed E-state index contributed by atoms with van der Waals surface area (Å²) in [5.41, 5.74) is 1.48. The minimum Gasteiger partial charge on any atom is -0.378 e. The van der Waals surface area contributed by atoms with E-state index in [4.69, 9.17) is 4.74 Å². The van der Waals surface area contributed by atoms with Gasteiger partial charge in [0.05, 0.1) is 23.5 Å². The van der Waals surface area contributed by atoms with Gasteiger partial charge in [0.2, 0.25) is 0 Å². The Morgan fingerprint density at radius 3 is 2.64 bits per heavy atom. The Labute approximate surface area is 134 Å². The van der Waals surface area contributed by atoms with Gasteiger partial charge in [0, 0.05) is 24.6 Å². The first-order valence-electron chi connectivity index (χ1n) is 8.60. The third-order valence-corrected chi connectivity index (χ3v) is 5.57. The smallest absolute Gasteiger partial charge is 0.0967 e. The standard InChI is InChI=1S/C17H30N4O/c1-6-22-15-10-14(17(15)8-7-9-17)20(5)11-13-12-21(19-18-13)16(2,3)4/h12,14-15H,6-11H2,1-5H3. The molecule has 5 heteroatoms. The van der Waals surface area contributed by atoms with Crippen LogP contribution in [-0.2, 0) is 16.8 Å². The van der Waals surface area contributed by atoms with Gasteiger partial charge in [-0.1, -0.05) is 11.6 Å². The van der Waals surface area contributed by atoms with Crippen LogP contribution in [0.1, 0.15) is 59.1 Å². The molecule has 1 heterocycles.